The third kappa shape index (κ3) is 3.71. The lowest BCUT2D eigenvalue weighted by Gasteiger charge is -2.24. The standard InChI is InChI=1S/C21H22O5S/c1-5-6-16-19(24-2)13-20(25-3)17-11-12-18(26-21(16)17)14-7-9-15(10-8-14)27(4,22)23/h5,7-10,12-13H,1,6,11H2,2-4H3. The highest BCUT2D eigenvalue weighted by Crippen LogP contribution is 2.44. The minimum absolute atomic E-state index is 0.277. The summed E-state index contributed by atoms with van der Waals surface area (Å²) in [5, 5.41) is 0. The average molecular weight is 386 g/mol. The molecule has 0 spiro atoms. The van der Waals surface area contributed by atoms with Crippen LogP contribution in [-0.2, 0) is 22.7 Å². The summed E-state index contributed by atoms with van der Waals surface area (Å²) in [6.07, 6.45) is 6.18. The first-order valence-electron chi connectivity index (χ1n) is 8.45. The summed E-state index contributed by atoms with van der Waals surface area (Å²) in [4.78, 5) is 0.277. The van der Waals surface area contributed by atoms with Gasteiger partial charge in [0.25, 0.3) is 0 Å². The molecule has 0 amide bonds. The van der Waals surface area contributed by atoms with Crippen LogP contribution in [-0.4, -0.2) is 28.9 Å². The van der Waals surface area contributed by atoms with Gasteiger partial charge < -0.3 is 14.2 Å². The van der Waals surface area contributed by atoms with E-state index in [2.05, 4.69) is 6.58 Å². The van der Waals surface area contributed by atoms with Crippen LogP contribution >= 0.6 is 0 Å². The van der Waals surface area contributed by atoms with E-state index < -0.39 is 9.84 Å². The van der Waals surface area contributed by atoms with E-state index >= 15 is 0 Å². The SMILES string of the molecule is C=CCc1c(OC)cc(OC)c2c1OC(c1ccc(S(C)(=O)=O)cc1)=CC2. The van der Waals surface area contributed by atoms with Gasteiger partial charge in [-0.05, 0) is 36.8 Å². The zero-order valence-electron chi connectivity index (χ0n) is 15.6. The van der Waals surface area contributed by atoms with Gasteiger partial charge in [-0.1, -0.05) is 6.08 Å². The van der Waals surface area contributed by atoms with Crippen molar-refractivity contribution in [2.45, 2.75) is 17.7 Å². The number of fused-ring (bicyclic) bond motifs is 1. The topological polar surface area (TPSA) is 61.8 Å². The number of methoxy groups -OCH3 is 2. The molecule has 1 aliphatic heterocycles. The van der Waals surface area contributed by atoms with Gasteiger partial charge >= 0.3 is 0 Å². The Morgan fingerprint density at radius 2 is 1.81 bits per heavy atom. The second-order valence-electron chi connectivity index (χ2n) is 6.23. The largest absolute Gasteiger partial charge is 0.496 e. The molecule has 0 aromatic heterocycles. The Morgan fingerprint density at radius 1 is 1.15 bits per heavy atom. The van der Waals surface area contributed by atoms with Gasteiger partial charge in [-0.25, -0.2) is 8.42 Å². The summed E-state index contributed by atoms with van der Waals surface area (Å²) in [7, 11) is -0.0106. The van der Waals surface area contributed by atoms with Crippen LogP contribution in [0.5, 0.6) is 17.2 Å². The van der Waals surface area contributed by atoms with Crippen LogP contribution < -0.4 is 14.2 Å². The van der Waals surface area contributed by atoms with Crippen LogP contribution in [0.4, 0.5) is 0 Å². The van der Waals surface area contributed by atoms with Gasteiger partial charge in [0.05, 0.1) is 19.1 Å². The molecule has 1 aliphatic rings. The maximum atomic E-state index is 11.7. The lowest BCUT2D eigenvalue weighted by molar-refractivity contribution is 0.378. The van der Waals surface area contributed by atoms with Crippen molar-refractivity contribution in [2.24, 2.45) is 0 Å². The number of hydrogen-bond donors (Lipinski definition) is 0. The zero-order chi connectivity index (χ0) is 19.6. The molecule has 0 N–H and O–H groups in total. The van der Waals surface area contributed by atoms with Crippen molar-refractivity contribution >= 4 is 15.6 Å². The molecule has 0 bridgehead atoms. The predicted molar refractivity (Wildman–Crippen MR) is 105 cm³/mol. The average Bonchev–Trinajstić information content (AvgIpc) is 2.67. The number of benzene rings is 2. The summed E-state index contributed by atoms with van der Waals surface area (Å²) < 4.78 is 40.5. The summed E-state index contributed by atoms with van der Waals surface area (Å²) >= 11 is 0. The van der Waals surface area contributed by atoms with E-state index in [0.29, 0.717) is 35.8 Å². The summed E-state index contributed by atoms with van der Waals surface area (Å²) in [5.74, 6) is 2.76. The van der Waals surface area contributed by atoms with Crippen LogP contribution in [0.2, 0.25) is 0 Å². The quantitative estimate of drug-likeness (QED) is 0.707. The molecule has 5 nitrogen and oxygen atoms in total. The van der Waals surface area contributed by atoms with Crippen LogP contribution in [0, 0.1) is 0 Å². The van der Waals surface area contributed by atoms with Gasteiger partial charge in [-0.3, -0.25) is 0 Å². The van der Waals surface area contributed by atoms with E-state index in [-0.39, 0.29) is 4.90 Å². The monoisotopic (exact) mass is 386 g/mol. The van der Waals surface area contributed by atoms with Crippen molar-refractivity contribution < 1.29 is 22.6 Å². The summed E-state index contributed by atoms with van der Waals surface area (Å²) in [6, 6.07) is 8.53. The predicted octanol–water partition coefficient (Wildman–Crippen LogP) is 3.81. The first-order valence-corrected chi connectivity index (χ1v) is 10.3. The van der Waals surface area contributed by atoms with Crippen LogP contribution in [0.1, 0.15) is 16.7 Å². The third-order valence-electron chi connectivity index (χ3n) is 4.46. The highest BCUT2D eigenvalue weighted by Gasteiger charge is 2.24. The first-order chi connectivity index (χ1) is 12.9. The molecular formula is C21H22O5S. The maximum absolute atomic E-state index is 11.7. The number of rotatable bonds is 6. The van der Waals surface area contributed by atoms with Gasteiger partial charge in [-0.15, -0.1) is 6.58 Å². The molecule has 0 fully saturated rings. The molecule has 2 aromatic carbocycles. The molecular weight excluding hydrogens is 364 g/mol. The summed E-state index contributed by atoms with van der Waals surface area (Å²) in [6.45, 7) is 3.82. The first kappa shape index (κ1) is 19.0. The van der Waals surface area contributed by atoms with E-state index in [1.54, 1.807) is 44.6 Å². The summed E-state index contributed by atoms with van der Waals surface area (Å²) in [5.41, 5.74) is 2.66. The molecule has 0 unspecified atom stereocenters. The third-order valence-corrected chi connectivity index (χ3v) is 5.59. The molecule has 0 atom stereocenters. The Balaban J connectivity index is 2.04. The van der Waals surface area contributed by atoms with Crippen LogP contribution in [0.3, 0.4) is 0 Å². The minimum Gasteiger partial charge on any atom is -0.496 e. The maximum Gasteiger partial charge on any atom is 0.175 e. The van der Waals surface area contributed by atoms with Gasteiger partial charge in [-0.2, -0.15) is 0 Å². The van der Waals surface area contributed by atoms with E-state index in [1.807, 2.05) is 12.1 Å². The van der Waals surface area contributed by atoms with E-state index in [9.17, 15) is 8.42 Å². The van der Waals surface area contributed by atoms with Gasteiger partial charge in [0.2, 0.25) is 0 Å². The molecule has 6 heteroatoms. The van der Waals surface area contributed by atoms with Crippen molar-refractivity contribution in [3.63, 3.8) is 0 Å². The number of allylic oxidation sites excluding steroid dienone is 2. The highest BCUT2D eigenvalue weighted by molar-refractivity contribution is 7.90. The fourth-order valence-corrected chi connectivity index (χ4v) is 3.74. The lowest BCUT2D eigenvalue weighted by atomic mass is 9.98. The van der Waals surface area contributed by atoms with Crippen LogP contribution in [0.15, 0.2) is 54.0 Å². The molecule has 0 radical (unpaired) electrons. The Kier molecular flexibility index (Phi) is 5.28. The molecule has 0 aliphatic carbocycles. The fourth-order valence-electron chi connectivity index (χ4n) is 3.11. The van der Waals surface area contributed by atoms with E-state index in [0.717, 1.165) is 16.7 Å². The fraction of sp³-hybridized carbons (Fsp3) is 0.238. The molecule has 0 saturated carbocycles. The van der Waals surface area contributed by atoms with Gasteiger partial charge in [0, 0.05) is 35.4 Å². The molecule has 1 heterocycles. The molecule has 27 heavy (non-hydrogen) atoms. The van der Waals surface area contributed by atoms with Crippen molar-refractivity contribution in [2.75, 3.05) is 20.5 Å². The molecule has 0 saturated heterocycles. The van der Waals surface area contributed by atoms with Crippen molar-refractivity contribution in [3.8, 4) is 17.2 Å². The zero-order valence-corrected chi connectivity index (χ0v) is 16.4. The second kappa shape index (κ2) is 7.48. The van der Waals surface area contributed by atoms with Crippen molar-refractivity contribution in [1.29, 1.82) is 0 Å². The van der Waals surface area contributed by atoms with Gasteiger partial charge in [0.1, 0.15) is 23.0 Å². The Bertz CT molecular complexity index is 1000. The highest BCUT2D eigenvalue weighted by atomic mass is 32.2. The number of hydrogen-bond acceptors (Lipinski definition) is 5. The molecule has 142 valence electrons. The van der Waals surface area contributed by atoms with E-state index in [4.69, 9.17) is 14.2 Å². The van der Waals surface area contributed by atoms with Crippen molar-refractivity contribution in [3.05, 3.63) is 65.8 Å². The lowest BCUT2D eigenvalue weighted by Crippen LogP contribution is -2.09. The Labute approximate surface area is 159 Å². The number of ether oxygens (including phenoxy) is 3. The van der Waals surface area contributed by atoms with E-state index in [1.165, 1.54) is 6.26 Å². The Hall–Kier alpha value is -2.73. The van der Waals surface area contributed by atoms with Gasteiger partial charge in [0.15, 0.2) is 9.84 Å². The second-order valence-corrected chi connectivity index (χ2v) is 8.25. The smallest absolute Gasteiger partial charge is 0.175 e. The van der Waals surface area contributed by atoms with Crippen molar-refractivity contribution in [1.82, 2.24) is 0 Å². The Morgan fingerprint density at radius 3 is 2.37 bits per heavy atom. The molecule has 3 rings (SSSR count). The number of sulfone groups is 1. The van der Waals surface area contributed by atoms with Crippen LogP contribution in [0.25, 0.3) is 5.76 Å². The molecule has 2 aromatic rings. The minimum atomic E-state index is -3.24. The normalized spacial score (nSPS) is 13.2.